The summed E-state index contributed by atoms with van der Waals surface area (Å²) in [5.41, 5.74) is 1.57. The number of rotatable bonds is 6. The zero-order valence-electron chi connectivity index (χ0n) is 10.4. The van der Waals surface area contributed by atoms with Gasteiger partial charge in [0.1, 0.15) is 18.6 Å². The molecule has 96 valence electrons. The van der Waals surface area contributed by atoms with E-state index in [0.717, 1.165) is 11.8 Å². The molecule has 0 radical (unpaired) electrons. The third kappa shape index (κ3) is 4.07. The Kier molecular flexibility index (Phi) is 4.45. The maximum atomic E-state index is 11.7. The fourth-order valence-electron chi connectivity index (χ4n) is 1.68. The molecular formula is C16H14O3. The highest BCUT2D eigenvalue weighted by molar-refractivity contribution is 5.82. The zero-order chi connectivity index (χ0) is 13.5. The molecule has 3 nitrogen and oxygen atoms in total. The molecular weight excluding hydrogens is 240 g/mol. The molecule has 2 aromatic carbocycles. The van der Waals surface area contributed by atoms with Crippen LogP contribution in [-0.2, 0) is 11.2 Å². The molecule has 0 atom stereocenters. The Morgan fingerprint density at radius 3 is 2.32 bits per heavy atom. The topological polar surface area (TPSA) is 43.4 Å². The molecule has 19 heavy (non-hydrogen) atoms. The van der Waals surface area contributed by atoms with Crippen LogP contribution in [0, 0.1) is 0 Å². The molecule has 0 saturated heterocycles. The molecule has 0 aliphatic carbocycles. The molecule has 0 spiro atoms. The van der Waals surface area contributed by atoms with Crippen molar-refractivity contribution in [2.75, 3.05) is 6.61 Å². The summed E-state index contributed by atoms with van der Waals surface area (Å²) in [4.78, 5) is 22.2. The van der Waals surface area contributed by atoms with Crippen molar-refractivity contribution >= 4 is 12.1 Å². The summed E-state index contributed by atoms with van der Waals surface area (Å²) in [6, 6.07) is 16.2. The summed E-state index contributed by atoms with van der Waals surface area (Å²) in [7, 11) is 0. The van der Waals surface area contributed by atoms with E-state index in [4.69, 9.17) is 4.74 Å². The van der Waals surface area contributed by atoms with Crippen molar-refractivity contribution in [1.82, 2.24) is 0 Å². The van der Waals surface area contributed by atoms with Crippen LogP contribution in [0.1, 0.15) is 15.9 Å². The minimum atomic E-state index is 0.0191. The van der Waals surface area contributed by atoms with Gasteiger partial charge in [-0.3, -0.25) is 9.59 Å². The molecule has 0 N–H and O–H groups in total. The lowest BCUT2D eigenvalue weighted by Gasteiger charge is -2.05. The molecule has 0 aliphatic rings. The Labute approximate surface area is 111 Å². The standard InChI is InChI=1S/C16H14O3/c17-11-14-6-8-16(9-7-14)19-12-15(18)10-13-4-2-1-3-5-13/h1-9,11H,10,12H2. The minimum Gasteiger partial charge on any atom is -0.486 e. The van der Waals surface area contributed by atoms with Crippen LogP contribution >= 0.6 is 0 Å². The van der Waals surface area contributed by atoms with E-state index in [1.807, 2.05) is 30.3 Å². The van der Waals surface area contributed by atoms with E-state index in [0.29, 0.717) is 17.7 Å². The molecule has 0 aliphatic heterocycles. The second-order valence-electron chi connectivity index (χ2n) is 4.18. The lowest BCUT2D eigenvalue weighted by Crippen LogP contribution is -2.13. The van der Waals surface area contributed by atoms with Gasteiger partial charge in [-0.15, -0.1) is 0 Å². The van der Waals surface area contributed by atoms with Crippen LogP contribution in [0.4, 0.5) is 0 Å². The second-order valence-corrected chi connectivity index (χ2v) is 4.18. The third-order valence-corrected chi connectivity index (χ3v) is 2.66. The van der Waals surface area contributed by atoms with Gasteiger partial charge in [0.05, 0.1) is 0 Å². The minimum absolute atomic E-state index is 0.0191. The summed E-state index contributed by atoms with van der Waals surface area (Å²) in [5.74, 6) is 0.609. The average Bonchev–Trinajstić information content (AvgIpc) is 2.47. The predicted molar refractivity (Wildman–Crippen MR) is 72.5 cm³/mol. The smallest absolute Gasteiger partial charge is 0.174 e. The molecule has 2 aromatic rings. The molecule has 0 fully saturated rings. The SMILES string of the molecule is O=Cc1ccc(OCC(=O)Cc2ccccc2)cc1. The highest BCUT2D eigenvalue weighted by Crippen LogP contribution is 2.11. The monoisotopic (exact) mass is 254 g/mol. The van der Waals surface area contributed by atoms with Gasteiger partial charge in [-0.2, -0.15) is 0 Å². The number of ether oxygens (including phenoxy) is 1. The number of carbonyl (C=O) groups is 2. The first-order valence-corrected chi connectivity index (χ1v) is 6.01. The predicted octanol–water partition coefficient (Wildman–Crippen LogP) is 2.69. The van der Waals surface area contributed by atoms with E-state index >= 15 is 0 Å². The van der Waals surface area contributed by atoms with Crippen LogP contribution in [0.25, 0.3) is 0 Å². The van der Waals surface area contributed by atoms with Crippen molar-refractivity contribution in [2.45, 2.75) is 6.42 Å². The largest absolute Gasteiger partial charge is 0.486 e. The van der Waals surface area contributed by atoms with Crippen molar-refractivity contribution in [3.8, 4) is 5.75 Å². The Morgan fingerprint density at radius 1 is 1.00 bits per heavy atom. The fraction of sp³-hybridized carbons (Fsp3) is 0.125. The quantitative estimate of drug-likeness (QED) is 0.744. The lowest BCUT2D eigenvalue weighted by atomic mass is 10.1. The molecule has 0 amide bonds. The highest BCUT2D eigenvalue weighted by atomic mass is 16.5. The van der Waals surface area contributed by atoms with Gasteiger partial charge in [0, 0.05) is 12.0 Å². The molecule has 2 rings (SSSR count). The average molecular weight is 254 g/mol. The van der Waals surface area contributed by atoms with Crippen LogP contribution in [0.5, 0.6) is 5.75 Å². The number of hydrogen-bond acceptors (Lipinski definition) is 3. The van der Waals surface area contributed by atoms with Crippen molar-refractivity contribution in [3.63, 3.8) is 0 Å². The maximum Gasteiger partial charge on any atom is 0.174 e. The van der Waals surface area contributed by atoms with Crippen molar-refractivity contribution in [3.05, 3.63) is 65.7 Å². The van der Waals surface area contributed by atoms with Gasteiger partial charge in [0.25, 0.3) is 0 Å². The lowest BCUT2D eigenvalue weighted by molar-refractivity contribution is -0.120. The molecule has 3 heteroatoms. The number of hydrogen-bond donors (Lipinski definition) is 0. The van der Waals surface area contributed by atoms with E-state index in [2.05, 4.69) is 0 Å². The number of benzene rings is 2. The Morgan fingerprint density at radius 2 is 1.68 bits per heavy atom. The van der Waals surface area contributed by atoms with Crippen LogP contribution < -0.4 is 4.74 Å². The Balaban J connectivity index is 1.84. The van der Waals surface area contributed by atoms with Crippen LogP contribution in [0.2, 0.25) is 0 Å². The summed E-state index contributed by atoms with van der Waals surface area (Å²) in [6.07, 6.45) is 1.14. The van der Waals surface area contributed by atoms with Crippen molar-refractivity contribution in [2.24, 2.45) is 0 Å². The molecule has 0 heterocycles. The third-order valence-electron chi connectivity index (χ3n) is 2.66. The molecule has 0 unspecified atom stereocenters. The molecule has 0 bridgehead atoms. The van der Waals surface area contributed by atoms with Crippen molar-refractivity contribution < 1.29 is 14.3 Å². The van der Waals surface area contributed by atoms with E-state index in [9.17, 15) is 9.59 Å². The molecule has 0 saturated carbocycles. The summed E-state index contributed by atoms with van der Waals surface area (Å²) in [6.45, 7) is 0.0370. The van der Waals surface area contributed by atoms with Gasteiger partial charge in [-0.25, -0.2) is 0 Å². The van der Waals surface area contributed by atoms with E-state index in [-0.39, 0.29) is 12.4 Å². The van der Waals surface area contributed by atoms with E-state index in [1.54, 1.807) is 24.3 Å². The first-order valence-electron chi connectivity index (χ1n) is 6.01. The van der Waals surface area contributed by atoms with E-state index < -0.39 is 0 Å². The normalized spacial score (nSPS) is 9.89. The Hall–Kier alpha value is -2.42. The maximum absolute atomic E-state index is 11.7. The number of Topliss-reactive ketones (excluding diaryl/α,β-unsaturated/α-hetero) is 1. The first-order chi connectivity index (χ1) is 9.28. The van der Waals surface area contributed by atoms with Crippen molar-refractivity contribution in [1.29, 1.82) is 0 Å². The second kappa shape index (κ2) is 6.50. The fourth-order valence-corrected chi connectivity index (χ4v) is 1.68. The number of carbonyl (C=O) groups excluding carboxylic acids is 2. The number of aldehydes is 1. The first kappa shape index (κ1) is 13.0. The summed E-state index contributed by atoms with van der Waals surface area (Å²) in [5, 5.41) is 0. The van der Waals surface area contributed by atoms with Crippen LogP contribution in [0.15, 0.2) is 54.6 Å². The van der Waals surface area contributed by atoms with Crippen LogP contribution in [-0.4, -0.2) is 18.7 Å². The van der Waals surface area contributed by atoms with Gasteiger partial charge in [0.2, 0.25) is 0 Å². The van der Waals surface area contributed by atoms with Gasteiger partial charge >= 0.3 is 0 Å². The van der Waals surface area contributed by atoms with Gasteiger partial charge < -0.3 is 4.74 Å². The zero-order valence-corrected chi connectivity index (χ0v) is 10.4. The van der Waals surface area contributed by atoms with E-state index in [1.165, 1.54) is 0 Å². The summed E-state index contributed by atoms with van der Waals surface area (Å²) >= 11 is 0. The highest BCUT2D eigenvalue weighted by Gasteiger charge is 2.04. The summed E-state index contributed by atoms with van der Waals surface area (Å²) < 4.78 is 5.37. The molecule has 0 aromatic heterocycles. The van der Waals surface area contributed by atoms with Gasteiger partial charge in [0.15, 0.2) is 5.78 Å². The number of ketones is 1. The van der Waals surface area contributed by atoms with Crippen LogP contribution in [0.3, 0.4) is 0 Å². The van der Waals surface area contributed by atoms with Gasteiger partial charge in [-0.1, -0.05) is 30.3 Å². The van der Waals surface area contributed by atoms with Gasteiger partial charge in [-0.05, 0) is 29.8 Å². The Bertz CT molecular complexity index is 544.